The van der Waals surface area contributed by atoms with E-state index in [1.807, 2.05) is 43.1 Å². The summed E-state index contributed by atoms with van der Waals surface area (Å²) in [6, 6.07) is 7.86. The van der Waals surface area contributed by atoms with Gasteiger partial charge in [0.05, 0.1) is 6.04 Å². The fourth-order valence-electron chi connectivity index (χ4n) is 1.38. The second kappa shape index (κ2) is 5.03. The number of rotatable bonds is 2. The lowest BCUT2D eigenvalue weighted by atomic mass is 10.1. The summed E-state index contributed by atoms with van der Waals surface area (Å²) in [5, 5.41) is 0.751. The van der Waals surface area contributed by atoms with Crippen LogP contribution in [0, 0.1) is 0 Å². The summed E-state index contributed by atoms with van der Waals surface area (Å²) in [7, 11) is 3.57. The largest absolute Gasteiger partial charge is 0.370 e. The number of aliphatic imine (C=N–C) groups is 1. The van der Waals surface area contributed by atoms with Crippen molar-refractivity contribution in [3.8, 4) is 0 Å². The predicted octanol–water partition coefficient (Wildman–Crippen LogP) is 2.28. The highest BCUT2D eigenvalue weighted by Crippen LogP contribution is 2.25. The van der Waals surface area contributed by atoms with Crippen molar-refractivity contribution in [1.29, 1.82) is 0 Å². The number of benzene rings is 1. The summed E-state index contributed by atoms with van der Waals surface area (Å²) in [5.74, 6) is 0.502. The first-order valence-electron chi connectivity index (χ1n) is 4.77. The van der Waals surface area contributed by atoms with Gasteiger partial charge in [0.25, 0.3) is 0 Å². The van der Waals surface area contributed by atoms with Gasteiger partial charge in [0.1, 0.15) is 0 Å². The first-order chi connectivity index (χ1) is 7.07. The highest BCUT2D eigenvalue weighted by atomic mass is 35.5. The summed E-state index contributed by atoms with van der Waals surface area (Å²) >= 11 is 6.10. The smallest absolute Gasteiger partial charge is 0.191 e. The molecule has 1 unspecified atom stereocenters. The van der Waals surface area contributed by atoms with Gasteiger partial charge < -0.3 is 10.6 Å². The fraction of sp³-hybridized carbons (Fsp3) is 0.364. The Morgan fingerprint density at radius 2 is 2.07 bits per heavy atom. The van der Waals surface area contributed by atoms with Crippen LogP contribution < -0.4 is 5.73 Å². The van der Waals surface area contributed by atoms with Crippen LogP contribution in [0.25, 0.3) is 0 Å². The zero-order chi connectivity index (χ0) is 11.4. The van der Waals surface area contributed by atoms with E-state index in [0.717, 1.165) is 10.6 Å². The molecular formula is C11H16ClN3. The Hall–Kier alpha value is -1.22. The molecular weight excluding hydrogens is 210 g/mol. The number of hydrogen-bond donors (Lipinski definition) is 1. The van der Waals surface area contributed by atoms with Crippen molar-refractivity contribution in [3.05, 3.63) is 34.9 Å². The number of guanidine groups is 1. The van der Waals surface area contributed by atoms with Crippen LogP contribution >= 0.6 is 11.6 Å². The number of halogens is 1. The number of hydrogen-bond acceptors (Lipinski definition) is 1. The van der Waals surface area contributed by atoms with Gasteiger partial charge in [0.15, 0.2) is 5.96 Å². The molecule has 2 N–H and O–H groups in total. The molecule has 15 heavy (non-hydrogen) atoms. The van der Waals surface area contributed by atoms with Crippen LogP contribution in [0.1, 0.15) is 18.5 Å². The Labute approximate surface area is 95.6 Å². The molecule has 0 fully saturated rings. The second-order valence-corrected chi connectivity index (χ2v) is 3.80. The van der Waals surface area contributed by atoms with Crippen molar-refractivity contribution in [2.24, 2.45) is 10.7 Å². The van der Waals surface area contributed by atoms with Crippen LogP contribution in [-0.4, -0.2) is 25.0 Å². The molecule has 3 nitrogen and oxygen atoms in total. The van der Waals surface area contributed by atoms with Gasteiger partial charge in [0, 0.05) is 19.1 Å². The highest BCUT2D eigenvalue weighted by Gasteiger charge is 2.15. The van der Waals surface area contributed by atoms with Gasteiger partial charge in [-0.05, 0) is 18.6 Å². The zero-order valence-electron chi connectivity index (χ0n) is 9.24. The maximum absolute atomic E-state index is 6.10. The van der Waals surface area contributed by atoms with Crippen molar-refractivity contribution in [2.45, 2.75) is 13.0 Å². The maximum Gasteiger partial charge on any atom is 0.191 e. The Morgan fingerprint density at radius 1 is 1.47 bits per heavy atom. The summed E-state index contributed by atoms with van der Waals surface area (Å²) in [6.45, 7) is 2.04. The summed E-state index contributed by atoms with van der Waals surface area (Å²) < 4.78 is 0. The first-order valence-corrected chi connectivity index (χ1v) is 5.15. The normalized spacial score (nSPS) is 13.7. The van der Waals surface area contributed by atoms with Crippen molar-refractivity contribution in [2.75, 3.05) is 14.1 Å². The van der Waals surface area contributed by atoms with E-state index in [4.69, 9.17) is 17.3 Å². The molecule has 0 aliphatic heterocycles. The molecule has 0 aliphatic rings. The molecule has 0 radical (unpaired) electrons. The molecule has 0 saturated carbocycles. The van der Waals surface area contributed by atoms with E-state index >= 15 is 0 Å². The predicted molar refractivity (Wildman–Crippen MR) is 65.2 cm³/mol. The monoisotopic (exact) mass is 225 g/mol. The standard InChI is InChI=1S/C11H16ClN3/c1-8(15(3)11(13)14-2)9-6-4-5-7-10(9)12/h4-8H,1-3H3,(H2,13,14). The van der Waals surface area contributed by atoms with Gasteiger partial charge in [-0.1, -0.05) is 29.8 Å². The lowest BCUT2D eigenvalue weighted by Gasteiger charge is -2.26. The van der Waals surface area contributed by atoms with Gasteiger partial charge in [-0.25, -0.2) is 0 Å². The zero-order valence-corrected chi connectivity index (χ0v) is 9.99. The highest BCUT2D eigenvalue weighted by molar-refractivity contribution is 6.31. The molecule has 0 aromatic heterocycles. The van der Waals surface area contributed by atoms with E-state index < -0.39 is 0 Å². The third-order valence-corrected chi connectivity index (χ3v) is 2.87. The van der Waals surface area contributed by atoms with Crippen LogP contribution in [0.4, 0.5) is 0 Å². The SMILES string of the molecule is CN=C(N)N(C)C(C)c1ccccc1Cl. The lowest BCUT2D eigenvalue weighted by Crippen LogP contribution is -2.35. The molecule has 1 aromatic rings. The van der Waals surface area contributed by atoms with Gasteiger partial charge in [-0.2, -0.15) is 0 Å². The lowest BCUT2D eigenvalue weighted by molar-refractivity contribution is 0.398. The molecule has 0 aliphatic carbocycles. The minimum Gasteiger partial charge on any atom is -0.370 e. The summed E-state index contributed by atoms with van der Waals surface area (Å²) in [4.78, 5) is 5.83. The van der Waals surface area contributed by atoms with Crippen LogP contribution in [0.3, 0.4) is 0 Å². The molecule has 0 amide bonds. The molecule has 0 saturated heterocycles. The molecule has 82 valence electrons. The second-order valence-electron chi connectivity index (χ2n) is 3.39. The third kappa shape index (κ3) is 2.63. The molecule has 1 rings (SSSR count). The van der Waals surface area contributed by atoms with Crippen molar-refractivity contribution in [1.82, 2.24) is 4.90 Å². The fourth-order valence-corrected chi connectivity index (χ4v) is 1.67. The third-order valence-electron chi connectivity index (χ3n) is 2.53. The van der Waals surface area contributed by atoms with E-state index in [9.17, 15) is 0 Å². The number of nitrogens with zero attached hydrogens (tertiary/aromatic N) is 2. The molecule has 0 bridgehead atoms. The van der Waals surface area contributed by atoms with Gasteiger partial charge in [-0.15, -0.1) is 0 Å². The van der Waals surface area contributed by atoms with Crippen molar-refractivity contribution >= 4 is 17.6 Å². The van der Waals surface area contributed by atoms with E-state index in [1.54, 1.807) is 7.05 Å². The quantitative estimate of drug-likeness (QED) is 0.620. The van der Waals surface area contributed by atoms with Crippen LogP contribution in [0.2, 0.25) is 5.02 Å². The average molecular weight is 226 g/mol. The topological polar surface area (TPSA) is 41.6 Å². The van der Waals surface area contributed by atoms with Gasteiger partial charge in [0.2, 0.25) is 0 Å². The molecule has 4 heteroatoms. The number of nitrogens with two attached hydrogens (primary N) is 1. The van der Waals surface area contributed by atoms with Crippen LogP contribution in [-0.2, 0) is 0 Å². The minimum absolute atomic E-state index is 0.113. The Kier molecular flexibility index (Phi) is 3.97. The van der Waals surface area contributed by atoms with Gasteiger partial charge >= 0.3 is 0 Å². The van der Waals surface area contributed by atoms with E-state index in [-0.39, 0.29) is 6.04 Å². The summed E-state index contributed by atoms with van der Waals surface area (Å²) in [5.41, 5.74) is 6.79. The van der Waals surface area contributed by atoms with Crippen molar-refractivity contribution in [3.63, 3.8) is 0 Å². The van der Waals surface area contributed by atoms with Crippen LogP contribution in [0.15, 0.2) is 29.3 Å². The first kappa shape index (κ1) is 11.9. The van der Waals surface area contributed by atoms with Gasteiger partial charge in [-0.3, -0.25) is 4.99 Å². The molecule has 0 heterocycles. The molecule has 1 aromatic carbocycles. The molecule has 0 spiro atoms. The Bertz CT molecular complexity index is 363. The van der Waals surface area contributed by atoms with E-state index in [1.165, 1.54) is 0 Å². The minimum atomic E-state index is 0.113. The molecule has 1 atom stereocenters. The van der Waals surface area contributed by atoms with Crippen molar-refractivity contribution < 1.29 is 0 Å². The van der Waals surface area contributed by atoms with Crippen LogP contribution in [0.5, 0.6) is 0 Å². The maximum atomic E-state index is 6.10. The summed E-state index contributed by atoms with van der Waals surface area (Å²) in [6.07, 6.45) is 0. The average Bonchev–Trinajstić information content (AvgIpc) is 2.26. The van der Waals surface area contributed by atoms with E-state index in [0.29, 0.717) is 5.96 Å². The van der Waals surface area contributed by atoms with E-state index in [2.05, 4.69) is 4.99 Å². The Balaban J connectivity index is 2.95. The Morgan fingerprint density at radius 3 is 2.60 bits per heavy atom.